The third kappa shape index (κ3) is 5.27. The van der Waals surface area contributed by atoms with Crippen LogP contribution in [0, 0.1) is 20.8 Å². The second kappa shape index (κ2) is 10.9. The summed E-state index contributed by atoms with van der Waals surface area (Å²) in [6.45, 7) is 7.87. The molecular weight excluding hydrogens is 486 g/mol. The molecule has 0 saturated heterocycles. The van der Waals surface area contributed by atoms with E-state index in [4.69, 9.17) is 10.7 Å². The average molecular weight is 518 g/mol. The Morgan fingerprint density at radius 2 is 1.74 bits per heavy atom. The number of hydrogen-bond acceptors (Lipinski definition) is 7. The summed E-state index contributed by atoms with van der Waals surface area (Å²) in [5, 5.41) is 4.14. The number of fused-ring (bicyclic) bond motifs is 1. The molecule has 0 saturated carbocycles. The van der Waals surface area contributed by atoms with E-state index in [1.807, 2.05) is 107 Å². The Morgan fingerprint density at radius 3 is 2.46 bits per heavy atom. The van der Waals surface area contributed by atoms with Crippen molar-refractivity contribution in [2.75, 3.05) is 11.1 Å². The fourth-order valence-corrected chi connectivity index (χ4v) is 4.65. The minimum atomic E-state index is -0.346. The molecule has 5 rings (SSSR count). The van der Waals surface area contributed by atoms with Gasteiger partial charge in [-0.1, -0.05) is 43.3 Å². The molecular formula is C31H31N7O. The summed E-state index contributed by atoms with van der Waals surface area (Å²) < 4.78 is 1.69. The highest BCUT2D eigenvalue weighted by Crippen LogP contribution is 2.28. The van der Waals surface area contributed by atoms with Crippen LogP contribution in [-0.4, -0.2) is 24.5 Å². The van der Waals surface area contributed by atoms with Gasteiger partial charge in [0.05, 0.1) is 34.0 Å². The van der Waals surface area contributed by atoms with Gasteiger partial charge in [-0.15, -0.1) is 0 Å². The van der Waals surface area contributed by atoms with Crippen LogP contribution in [0.5, 0.6) is 0 Å². The smallest absolute Gasteiger partial charge is 0.266 e. The first-order valence-corrected chi connectivity index (χ1v) is 12.9. The van der Waals surface area contributed by atoms with Gasteiger partial charge >= 0.3 is 0 Å². The van der Waals surface area contributed by atoms with Crippen molar-refractivity contribution >= 4 is 34.8 Å². The molecule has 8 heteroatoms. The highest BCUT2D eigenvalue weighted by Gasteiger charge is 2.22. The van der Waals surface area contributed by atoms with Crippen molar-refractivity contribution < 1.29 is 0 Å². The topological polar surface area (TPSA) is 112 Å². The number of rotatable bonds is 7. The number of benzene rings is 2. The monoisotopic (exact) mass is 517 g/mol. The summed E-state index contributed by atoms with van der Waals surface area (Å²) in [5.74, 6) is 1.32. The van der Waals surface area contributed by atoms with Crippen molar-refractivity contribution in [1.29, 1.82) is 0 Å². The number of anilines is 2. The second-order valence-corrected chi connectivity index (χ2v) is 9.54. The van der Waals surface area contributed by atoms with Crippen LogP contribution in [-0.2, 0) is 0 Å². The summed E-state index contributed by atoms with van der Waals surface area (Å²) >= 11 is 0. The molecule has 1 atom stereocenters. The highest BCUT2D eigenvalue weighted by molar-refractivity contribution is 5.82. The number of nitrogen functional groups attached to an aromatic ring is 1. The van der Waals surface area contributed by atoms with Gasteiger partial charge < -0.3 is 11.1 Å². The van der Waals surface area contributed by atoms with E-state index in [9.17, 15) is 4.79 Å². The van der Waals surface area contributed by atoms with Crippen LogP contribution in [0.15, 0.2) is 71.7 Å². The quantitative estimate of drug-likeness (QED) is 0.280. The predicted octanol–water partition coefficient (Wildman–Crippen LogP) is 5.81. The number of nitrogens with one attached hydrogen (secondary N) is 1. The Hall–Kier alpha value is -4.85. The normalized spacial score (nSPS) is 12.2. The summed E-state index contributed by atoms with van der Waals surface area (Å²) in [6, 6.07) is 19.0. The minimum absolute atomic E-state index is 0.108. The number of nitrogens with two attached hydrogens (primary N) is 1. The lowest BCUT2D eigenvalue weighted by Gasteiger charge is -2.23. The number of para-hydroxylation sites is 1. The molecule has 0 aliphatic heterocycles. The molecule has 0 amide bonds. The first-order chi connectivity index (χ1) is 18.9. The molecule has 0 spiro atoms. The van der Waals surface area contributed by atoms with Crippen molar-refractivity contribution in [3.63, 3.8) is 0 Å². The van der Waals surface area contributed by atoms with Crippen LogP contribution in [0.3, 0.4) is 0 Å². The predicted molar refractivity (Wildman–Crippen MR) is 158 cm³/mol. The van der Waals surface area contributed by atoms with Crippen molar-refractivity contribution in [1.82, 2.24) is 24.5 Å². The Balaban J connectivity index is 1.64. The van der Waals surface area contributed by atoms with E-state index in [-0.39, 0.29) is 17.5 Å². The molecule has 8 nitrogen and oxygen atoms in total. The summed E-state index contributed by atoms with van der Waals surface area (Å²) in [6.07, 6.45) is 6.32. The Morgan fingerprint density at radius 1 is 0.949 bits per heavy atom. The molecule has 0 fully saturated rings. The molecule has 1 unspecified atom stereocenters. The number of pyridine rings is 1. The zero-order valence-corrected chi connectivity index (χ0v) is 22.5. The molecule has 2 aromatic carbocycles. The lowest BCUT2D eigenvalue weighted by atomic mass is 10.1. The highest BCUT2D eigenvalue weighted by atomic mass is 16.1. The summed E-state index contributed by atoms with van der Waals surface area (Å²) in [5.41, 5.74) is 11.7. The molecule has 196 valence electrons. The Bertz CT molecular complexity index is 1730. The van der Waals surface area contributed by atoms with Gasteiger partial charge in [0.1, 0.15) is 11.6 Å². The molecule has 39 heavy (non-hydrogen) atoms. The van der Waals surface area contributed by atoms with E-state index in [0.29, 0.717) is 29.0 Å². The number of aryl methyl sites for hydroxylation is 3. The maximum absolute atomic E-state index is 13.9. The zero-order valence-electron chi connectivity index (χ0n) is 22.5. The van der Waals surface area contributed by atoms with Crippen LogP contribution in [0.25, 0.3) is 28.7 Å². The van der Waals surface area contributed by atoms with Gasteiger partial charge in [-0.05, 0) is 74.7 Å². The SMILES string of the molecule is CCC(Nc1nc(N)nc(C)c1/C=C/c1ccc(C)cn1)c1nc2cccc(C)c2c(=O)n1-c1ccccc1. The van der Waals surface area contributed by atoms with Crippen LogP contribution < -0.4 is 16.6 Å². The maximum Gasteiger partial charge on any atom is 0.266 e. The van der Waals surface area contributed by atoms with E-state index in [0.717, 1.165) is 33.8 Å². The van der Waals surface area contributed by atoms with Gasteiger partial charge in [0.2, 0.25) is 5.95 Å². The van der Waals surface area contributed by atoms with Gasteiger partial charge in [-0.25, -0.2) is 9.97 Å². The van der Waals surface area contributed by atoms with Crippen molar-refractivity contribution in [2.24, 2.45) is 0 Å². The molecule has 0 aliphatic rings. The number of aromatic nitrogens is 5. The van der Waals surface area contributed by atoms with Gasteiger partial charge in [-0.3, -0.25) is 14.3 Å². The molecule has 0 aliphatic carbocycles. The van der Waals surface area contributed by atoms with Gasteiger partial charge in [-0.2, -0.15) is 4.98 Å². The standard InChI is InChI=1S/C31H31N7O/c1-5-25(35-28-24(21(4)34-31(32)37-28)17-16-22-15-14-19(2)18-33-22)29-36-26-13-9-10-20(3)27(26)30(39)38(29)23-11-7-6-8-12-23/h6-18,25H,5H2,1-4H3,(H3,32,34,35,37)/b17-16+. The van der Waals surface area contributed by atoms with Crippen molar-refractivity contribution in [2.45, 2.75) is 40.2 Å². The van der Waals surface area contributed by atoms with E-state index >= 15 is 0 Å². The lowest BCUT2D eigenvalue weighted by Crippen LogP contribution is -2.29. The first-order valence-electron chi connectivity index (χ1n) is 12.9. The molecule has 3 heterocycles. The van der Waals surface area contributed by atoms with Gasteiger partial charge in [0.15, 0.2) is 0 Å². The summed E-state index contributed by atoms with van der Waals surface area (Å²) in [4.78, 5) is 32.3. The molecule has 3 aromatic heterocycles. The van der Waals surface area contributed by atoms with E-state index in [2.05, 4.69) is 20.3 Å². The maximum atomic E-state index is 13.9. The number of nitrogens with zero attached hydrogens (tertiary/aromatic N) is 5. The van der Waals surface area contributed by atoms with E-state index in [1.165, 1.54) is 0 Å². The fourth-order valence-electron chi connectivity index (χ4n) is 4.65. The minimum Gasteiger partial charge on any atom is -0.368 e. The van der Waals surface area contributed by atoms with Crippen LogP contribution in [0.4, 0.5) is 11.8 Å². The van der Waals surface area contributed by atoms with E-state index in [1.54, 1.807) is 4.57 Å². The fraction of sp³-hybridized carbons (Fsp3) is 0.194. The zero-order chi connectivity index (χ0) is 27.5. The molecule has 0 bridgehead atoms. The van der Waals surface area contributed by atoms with E-state index < -0.39 is 0 Å². The van der Waals surface area contributed by atoms with Gasteiger partial charge in [0.25, 0.3) is 5.56 Å². The molecule has 0 radical (unpaired) electrons. The number of hydrogen-bond donors (Lipinski definition) is 2. The van der Waals surface area contributed by atoms with Crippen LogP contribution in [0.2, 0.25) is 0 Å². The van der Waals surface area contributed by atoms with Crippen molar-refractivity contribution in [3.8, 4) is 5.69 Å². The third-order valence-corrected chi connectivity index (χ3v) is 6.69. The average Bonchev–Trinajstić information content (AvgIpc) is 2.92. The van der Waals surface area contributed by atoms with Crippen molar-refractivity contribution in [3.05, 3.63) is 111 Å². The first kappa shape index (κ1) is 25.8. The Labute approximate surface area is 227 Å². The van der Waals surface area contributed by atoms with Crippen LogP contribution >= 0.6 is 0 Å². The Kier molecular flexibility index (Phi) is 7.19. The lowest BCUT2D eigenvalue weighted by molar-refractivity contribution is 0.658. The largest absolute Gasteiger partial charge is 0.368 e. The second-order valence-electron chi connectivity index (χ2n) is 9.54. The molecule has 3 N–H and O–H groups in total. The van der Waals surface area contributed by atoms with Crippen LogP contribution in [0.1, 0.15) is 53.3 Å². The third-order valence-electron chi connectivity index (χ3n) is 6.69. The summed E-state index contributed by atoms with van der Waals surface area (Å²) in [7, 11) is 0. The molecule has 5 aromatic rings. The van der Waals surface area contributed by atoms with Gasteiger partial charge in [0, 0.05) is 11.8 Å².